The smallest absolute Gasteiger partial charge is 0.870 e. The first-order valence-corrected chi connectivity index (χ1v) is 18.7. The fourth-order valence-corrected chi connectivity index (χ4v) is 3.33. The van der Waals surface area contributed by atoms with Gasteiger partial charge in [-0.25, -0.2) is 19.9 Å². The summed E-state index contributed by atoms with van der Waals surface area (Å²) in [4.78, 5) is 57.7. The molecule has 0 unspecified atom stereocenters. The summed E-state index contributed by atoms with van der Waals surface area (Å²) >= 11 is 13.8. The minimum Gasteiger partial charge on any atom is -0.870 e. The van der Waals surface area contributed by atoms with E-state index < -0.39 is 7.15 Å². The number of alkyl halides is 1. The number of carbonyl (C=O) groups is 1. The topological polar surface area (TPSA) is 275 Å². The molecule has 0 fully saturated rings. The monoisotopic (exact) mass is 920 g/mol. The third-order valence-electron chi connectivity index (χ3n) is 4.21. The Balaban J connectivity index is -0.0000000664. The Bertz CT molecular complexity index is 1390. The normalized spacial score (nSPS) is 8.49. The van der Waals surface area contributed by atoms with Gasteiger partial charge in [0.15, 0.2) is 0 Å². The van der Waals surface area contributed by atoms with Crippen LogP contribution in [-0.4, -0.2) is 88.1 Å². The van der Waals surface area contributed by atoms with Gasteiger partial charge >= 0.3 is 83.8 Å². The molecule has 4 heterocycles. The van der Waals surface area contributed by atoms with E-state index in [0.29, 0.717) is 16.9 Å². The van der Waals surface area contributed by atoms with Crippen LogP contribution in [-0.2, 0) is 49.4 Å². The number of aliphatic hydroxyl groups excluding tert-OH is 1. The number of thioether (sulfide) groups is 3. The van der Waals surface area contributed by atoms with Crippen LogP contribution in [0.4, 0.5) is 4.39 Å². The number of aryl methyl sites for hydroxylation is 2. The summed E-state index contributed by atoms with van der Waals surface area (Å²) in [5, 5.41) is 9.72. The van der Waals surface area contributed by atoms with Gasteiger partial charge in [-0.15, -0.1) is 12.4 Å². The van der Waals surface area contributed by atoms with Crippen LogP contribution in [0.25, 0.3) is 0 Å². The summed E-state index contributed by atoms with van der Waals surface area (Å²) in [6, 6.07) is -0.0107. The summed E-state index contributed by atoms with van der Waals surface area (Å²) in [5.74, 6) is 2.69. The quantitative estimate of drug-likeness (QED) is 0.0996. The van der Waals surface area contributed by atoms with Crippen LogP contribution in [0.15, 0.2) is 58.1 Å². The summed E-state index contributed by atoms with van der Waals surface area (Å²) in [6.45, 7) is 8.28. The molecule has 4 rings (SSSR count). The van der Waals surface area contributed by atoms with Gasteiger partial charge in [0.2, 0.25) is 0 Å². The Labute approximate surface area is 395 Å². The van der Waals surface area contributed by atoms with E-state index in [1.54, 1.807) is 31.8 Å². The first-order chi connectivity index (χ1) is 25.0. The molecule has 1 atom stereocenters. The molecule has 4 N–H and O–H groups in total. The first kappa shape index (κ1) is 71.6. The Kier molecular flexibility index (Phi) is 77.5. The number of ether oxygens (including phenoxy) is 1. The second-order valence-corrected chi connectivity index (χ2v) is 9.77. The van der Waals surface area contributed by atoms with Crippen LogP contribution < -0.4 is 69.6 Å². The molecule has 0 aliphatic rings. The number of oxazole rings is 4. The van der Waals surface area contributed by atoms with Crippen molar-refractivity contribution in [1.82, 2.24) is 19.9 Å². The zero-order valence-corrected chi connectivity index (χ0v) is 41.0. The molecule has 17 nitrogen and oxygen atoms in total. The molecular formula is C29H46Cl2FN5Na2O12S4. The molecule has 0 aromatic carbocycles. The van der Waals surface area contributed by atoms with Crippen molar-refractivity contribution < 1.29 is 122 Å². The third-order valence-corrected chi connectivity index (χ3v) is 6.00. The van der Waals surface area contributed by atoms with Crippen molar-refractivity contribution >= 4 is 90.7 Å². The number of halogens is 3. The standard InChI is InChI=1S/C7H12N2OS.C6H9NOS.C5H6ClNO.C5H5NO3S.C2H6O.CH3F.2CO2.CH4S.ClH.2Na.H2O/c1-3-5(8)6-4-9-7(10-6)11-2;1-3-5-4-7-6(8-5)9-2;1-2-4-3-7-5(6)8-4;1-10-5-6-2-4(9-5)8-3-7;1-2-3;1-2;2*2-1-3;1-2;;;;/h4-5H,3,8H2,1-2H3;4H,3H2,1-2H3;3H,2H2,1H3;2-3H,1H3;3H,2H2,1H3;1H3;;;2H,1H3;1H;;;1H2/q;;;;;;;;;;2*+1;/p-2/t5-;;;;;;;;;;;;/m0............/s1/i;;;;;1D;;;;;;;. The van der Waals surface area contributed by atoms with Crippen molar-refractivity contribution in [2.24, 2.45) is 5.73 Å². The van der Waals surface area contributed by atoms with Gasteiger partial charge < -0.3 is 51.4 Å². The Morgan fingerprint density at radius 1 is 0.873 bits per heavy atom. The average Bonchev–Trinajstić information content (AvgIpc) is 3.99. The van der Waals surface area contributed by atoms with Gasteiger partial charge in [0.1, 0.15) is 23.5 Å². The largest absolute Gasteiger partial charge is 1.00 e. The van der Waals surface area contributed by atoms with E-state index in [1.165, 1.54) is 41.5 Å². The molecule has 306 valence electrons. The van der Waals surface area contributed by atoms with E-state index in [2.05, 4.69) is 37.3 Å². The van der Waals surface area contributed by atoms with Crippen LogP contribution in [0, 0.1) is 0 Å². The molecule has 0 saturated carbocycles. The average molecular weight is 922 g/mol. The van der Waals surface area contributed by atoms with Crippen LogP contribution in [0.3, 0.4) is 0 Å². The Morgan fingerprint density at radius 2 is 1.24 bits per heavy atom. The molecule has 0 radical (unpaired) electrons. The predicted octanol–water partition coefficient (Wildman–Crippen LogP) is 0.421. The maximum atomic E-state index is 9.96. The fraction of sp³-hybridized carbons (Fsp3) is 0.483. The van der Waals surface area contributed by atoms with Gasteiger partial charge in [0.05, 0.1) is 33.2 Å². The Hall–Kier alpha value is -1.14. The van der Waals surface area contributed by atoms with Crippen LogP contribution in [0.2, 0.25) is 5.35 Å². The first-order valence-electron chi connectivity index (χ1n) is 14.5. The summed E-state index contributed by atoms with van der Waals surface area (Å²) in [5.41, 5.74) is 5.72. The molecule has 0 amide bonds. The van der Waals surface area contributed by atoms with Gasteiger partial charge in [-0.05, 0) is 43.7 Å². The van der Waals surface area contributed by atoms with Crippen molar-refractivity contribution in [3.8, 4) is 5.95 Å². The summed E-state index contributed by atoms with van der Waals surface area (Å²) in [7, 11) is -1.00. The van der Waals surface area contributed by atoms with E-state index in [4.69, 9.17) is 60.7 Å². The SMILES string of the molecule is CCO.CC[C@H](N)c1cnc(SC)o1.CCc1cnc(Cl)o1.CCc1cnc(SC)o1.CSc1ncc(OC=O)o1.C[S-].Cl.O=C=O.O=C=O.[2H]CF.[Na+].[Na+].[OH-]. The van der Waals surface area contributed by atoms with Gasteiger partial charge in [0, 0.05) is 19.4 Å². The maximum absolute atomic E-state index is 9.96. The number of rotatable bonds is 9. The van der Waals surface area contributed by atoms with Crippen molar-refractivity contribution in [3.63, 3.8) is 0 Å². The van der Waals surface area contributed by atoms with Gasteiger partial charge in [-0.3, -0.25) is 9.18 Å². The number of aliphatic hydroxyl groups is 1. The van der Waals surface area contributed by atoms with Crippen molar-refractivity contribution in [2.75, 3.05) is 38.8 Å². The maximum Gasteiger partial charge on any atom is 1.00 e. The molecule has 26 heteroatoms. The number of carbonyl (C=O) groups excluding carboxylic acids is 5. The second kappa shape index (κ2) is 59.6. The number of aromatic nitrogens is 4. The van der Waals surface area contributed by atoms with Crippen molar-refractivity contribution in [1.29, 1.82) is 0 Å². The second-order valence-electron chi connectivity index (χ2n) is 7.18. The number of nitrogens with two attached hydrogens (primary N) is 1. The Morgan fingerprint density at radius 3 is 1.51 bits per heavy atom. The van der Waals surface area contributed by atoms with E-state index in [9.17, 15) is 9.18 Å². The molecule has 0 aliphatic heterocycles. The van der Waals surface area contributed by atoms with E-state index in [-0.39, 0.29) is 113 Å². The van der Waals surface area contributed by atoms with Crippen LogP contribution in [0.5, 0.6) is 5.95 Å². The third kappa shape index (κ3) is 47.1. The van der Waals surface area contributed by atoms with E-state index in [0.717, 1.165) is 41.8 Å². The predicted molar refractivity (Wildman–Crippen MR) is 201 cm³/mol. The molecule has 55 heavy (non-hydrogen) atoms. The molecule has 4 aromatic heterocycles. The molecule has 4 aromatic rings. The number of hydrogen-bond acceptors (Lipinski definition) is 21. The minimum atomic E-state index is -1.00. The number of nitrogens with zero attached hydrogens (tertiary/aromatic N) is 4. The van der Waals surface area contributed by atoms with E-state index in [1.807, 2.05) is 39.5 Å². The minimum absolute atomic E-state index is 0. The van der Waals surface area contributed by atoms with Crippen LogP contribution in [0.1, 0.15) is 58.8 Å². The zero-order chi connectivity index (χ0) is 41.2. The molecular weight excluding hydrogens is 874 g/mol. The summed E-state index contributed by atoms with van der Waals surface area (Å²) in [6.07, 6.45) is 16.9. The van der Waals surface area contributed by atoms with Crippen LogP contribution >= 0.6 is 59.3 Å². The summed E-state index contributed by atoms with van der Waals surface area (Å²) < 4.78 is 40.2. The fourth-order valence-electron chi connectivity index (χ4n) is 2.17. The van der Waals surface area contributed by atoms with Gasteiger partial charge in [0.25, 0.3) is 21.0 Å². The molecule has 0 bridgehead atoms. The van der Waals surface area contributed by atoms with Crippen molar-refractivity contribution in [2.45, 2.75) is 68.7 Å². The molecule has 0 aliphatic carbocycles. The van der Waals surface area contributed by atoms with E-state index >= 15 is 0 Å². The van der Waals surface area contributed by atoms with Gasteiger partial charge in [-0.2, -0.15) is 25.4 Å². The zero-order valence-electron chi connectivity index (χ0n) is 33.1. The molecule has 0 spiro atoms. The molecule has 0 saturated heterocycles. The van der Waals surface area contributed by atoms with Crippen molar-refractivity contribution in [3.05, 3.63) is 47.4 Å². The van der Waals surface area contributed by atoms with Gasteiger partial charge in [-0.1, -0.05) is 56.1 Å². The number of hydrogen-bond donors (Lipinski definition) is 2.